The van der Waals surface area contributed by atoms with E-state index in [0.717, 1.165) is 0 Å². The lowest BCUT2D eigenvalue weighted by molar-refractivity contribution is -0.120. The molecule has 2 heterocycles. The maximum Gasteiger partial charge on any atom is 0.272 e. The summed E-state index contributed by atoms with van der Waals surface area (Å²) >= 11 is 6.11. The van der Waals surface area contributed by atoms with Gasteiger partial charge in [-0.1, -0.05) is 11.6 Å². The second-order valence-electron chi connectivity index (χ2n) is 5.47. The summed E-state index contributed by atoms with van der Waals surface area (Å²) in [7, 11) is 1.55. The van der Waals surface area contributed by atoms with E-state index in [1.807, 2.05) is 0 Å². The topological polar surface area (TPSA) is 105 Å². The van der Waals surface area contributed by atoms with Gasteiger partial charge in [-0.2, -0.15) is 5.10 Å². The van der Waals surface area contributed by atoms with Crippen molar-refractivity contribution in [2.45, 2.75) is 19.1 Å². The SMILES string of the molecule is COc1ccc(OCc2cc(C(=O)NC3CCNC3=O)n[nH]2)c(Cl)c1. The molecule has 3 rings (SSSR count). The number of amides is 2. The molecule has 8 nitrogen and oxygen atoms in total. The van der Waals surface area contributed by atoms with Gasteiger partial charge in [-0.25, -0.2) is 0 Å². The van der Waals surface area contributed by atoms with Crippen LogP contribution >= 0.6 is 11.6 Å². The monoisotopic (exact) mass is 364 g/mol. The molecular weight excluding hydrogens is 348 g/mol. The van der Waals surface area contributed by atoms with Crippen LogP contribution in [0.1, 0.15) is 22.6 Å². The minimum Gasteiger partial charge on any atom is -0.497 e. The maximum atomic E-state index is 12.1. The quantitative estimate of drug-likeness (QED) is 0.715. The Kier molecular flexibility index (Phi) is 5.08. The predicted octanol–water partition coefficient (Wildman–Crippen LogP) is 1.27. The van der Waals surface area contributed by atoms with E-state index in [1.165, 1.54) is 0 Å². The number of benzene rings is 1. The number of methoxy groups -OCH3 is 1. The minimum absolute atomic E-state index is 0.163. The number of halogens is 1. The molecule has 1 unspecified atom stereocenters. The third-order valence-corrected chi connectivity index (χ3v) is 4.04. The van der Waals surface area contributed by atoms with Crippen molar-refractivity contribution in [1.29, 1.82) is 0 Å². The van der Waals surface area contributed by atoms with Gasteiger partial charge in [0, 0.05) is 12.6 Å². The number of nitrogens with one attached hydrogen (secondary N) is 3. The highest BCUT2D eigenvalue weighted by Gasteiger charge is 2.26. The Morgan fingerprint density at radius 2 is 2.28 bits per heavy atom. The number of ether oxygens (including phenoxy) is 2. The first-order chi connectivity index (χ1) is 12.1. The van der Waals surface area contributed by atoms with Gasteiger partial charge >= 0.3 is 0 Å². The van der Waals surface area contributed by atoms with Crippen molar-refractivity contribution < 1.29 is 19.1 Å². The van der Waals surface area contributed by atoms with Crippen LogP contribution in [0.3, 0.4) is 0 Å². The third-order valence-electron chi connectivity index (χ3n) is 3.74. The lowest BCUT2D eigenvalue weighted by Gasteiger charge is -2.08. The Balaban J connectivity index is 1.58. The highest BCUT2D eigenvalue weighted by atomic mass is 35.5. The third kappa shape index (κ3) is 4.03. The van der Waals surface area contributed by atoms with E-state index in [2.05, 4.69) is 20.8 Å². The number of hydrogen-bond acceptors (Lipinski definition) is 5. The summed E-state index contributed by atoms with van der Waals surface area (Å²) in [6, 6.07) is 6.14. The summed E-state index contributed by atoms with van der Waals surface area (Å²) in [5.41, 5.74) is 0.798. The number of nitrogens with zero attached hydrogens (tertiary/aromatic N) is 1. The average molecular weight is 365 g/mol. The van der Waals surface area contributed by atoms with Crippen molar-refractivity contribution in [2.24, 2.45) is 0 Å². The Hall–Kier alpha value is -2.74. The number of carbonyl (C=O) groups excluding carboxylic acids is 2. The Morgan fingerprint density at radius 3 is 2.96 bits per heavy atom. The van der Waals surface area contributed by atoms with E-state index < -0.39 is 11.9 Å². The molecule has 0 bridgehead atoms. The van der Waals surface area contributed by atoms with Crippen LogP contribution in [0.4, 0.5) is 0 Å². The van der Waals surface area contributed by atoms with E-state index in [9.17, 15) is 9.59 Å². The van der Waals surface area contributed by atoms with Crippen LogP contribution in [0.15, 0.2) is 24.3 Å². The molecule has 0 radical (unpaired) electrons. The molecule has 1 aromatic carbocycles. The highest BCUT2D eigenvalue weighted by Crippen LogP contribution is 2.29. The van der Waals surface area contributed by atoms with Crippen LogP contribution in [0.25, 0.3) is 0 Å². The second kappa shape index (κ2) is 7.43. The summed E-state index contributed by atoms with van der Waals surface area (Å²) in [5.74, 6) is 0.535. The van der Waals surface area contributed by atoms with Gasteiger partial charge in [0.15, 0.2) is 0 Å². The first-order valence-corrected chi connectivity index (χ1v) is 8.04. The molecule has 1 saturated heterocycles. The normalized spacial score (nSPS) is 16.4. The molecule has 1 aliphatic heterocycles. The minimum atomic E-state index is -0.512. The van der Waals surface area contributed by atoms with Crippen LogP contribution in [0.5, 0.6) is 11.5 Å². The van der Waals surface area contributed by atoms with Gasteiger partial charge < -0.3 is 20.1 Å². The maximum absolute atomic E-state index is 12.1. The first kappa shape index (κ1) is 17.1. The predicted molar refractivity (Wildman–Crippen MR) is 89.8 cm³/mol. The number of aromatic nitrogens is 2. The molecular formula is C16H17ClN4O4. The molecule has 1 aromatic heterocycles. The molecule has 1 atom stereocenters. The molecule has 1 aliphatic rings. The Labute approximate surface area is 148 Å². The van der Waals surface area contributed by atoms with Crippen LogP contribution in [0.2, 0.25) is 5.02 Å². The van der Waals surface area contributed by atoms with Crippen LogP contribution in [0, 0.1) is 0 Å². The molecule has 3 N–H and O–H groups in total. The number of H-pyrrole nitrogens is 1. The molecule has 1 fully saturated rings. The smallest absolute Gasteiger partial charge is 0.272 e. The van der Waals surface area contributed by atoms with Crippen molar-refractivity contribution >= 4 is 23.4 Å². The fourth-order valence-corrected chi connectivity index (χ4v) is 2.62. The van der Waals surface area contributed by atoms with Crippen molar-refractivity contribution in [3.8, 4) is 11.5 Å². The lowest BCUT2D eigenvalue weighted by Crippen LogP contribution is -2.40. The molecule has 0 spiro atoms. The van der Waals surface area contributed by atoms with E-state index in [-0.39, 0.29) is 18.2 Å². The largest absolute Gasteiger partial charge is 0.497 e. The Morgan fingerprint density at radius 1 is 1.44 bits per heavy atom. The lowest BCUT2D eigenvalue weighted by atomic mass is 10.2. The van der Waals surface area contributed by atoms with Crippen molar-refractivity contribution in [1.82, 2.24) is 20.8 Å². The van der Waals surface area contributed by atoms with Crippen molar-refractivity contribution in [2.75, 3.05) is 13.7 Å². The van der Waals surface area contributed by atoms with Gasteiger partial charge in [-0.05, 0) is 24.6 Å². The van der Waals surface area contributed by atoms with Crippen LogP contribution < -0.4 is 20.1 Å². The van der Waals surface area contributed by atoms with E-state index >= 15 is 0 Å². The number of aromatic amines is 1. The molecule has 132 valence electrons. The van der Waals surface area contributed by atoms with Gasteiger partial charge in [0.25, 0.3) is 5.91 Å². The van der Waals surface area contributed by atoms with Crippen molar-refractivity contribution in [3.05, 3.63) is 40.7 Å². The molecule has 9 heteroatoms. The fraction of sp³-hybridized carbons (Fsp3) is 0.312. The molecule has 0 saturated carbocycles. The zero-order valence-corrected chi connectivity index (χ0v) is 14.2. The summed E-state index contributed by atoms with van der Waals surface area (Å²) < 4.78 is 10.7. The van der Waals surface area contributed by atoms with Crippen molar-refractivity contribution in [3.63, 3.8) is 0 Å². The van der Waals surface area contributed by atoms with Gasteiger partial charge in [-0.15, -0.1) is 0 Å². The van der Waals surface area contributed by atoms with Gasteiger partial charge in [-0.3, -0.25) is 14.7 Å². The standard InChI is InChI=1S/C16H17ClN4O4/c1-24-10-2-3-14(11(17)7-10)25-8-9-6-13(21-20-9)16(23)19-12-4-5-18-15(12)22/h2-3,6-7,12H,4-5,8H2,1H3,(H,18,22)(H,19,23)(H,20,21). The summed E-state index contributed by atoms with van der Waals surface area (Å²) in [6.45, 7) is 0.725. The second-order valence-corrected chi connectivity index (χ2v) is 5.88. The van der Waals surface area contributed by atoms with Gasteiger partial charge in [0.2, 0.25) is 5.91 Å². The molecule has 2 amide bonds. The summed E-state index contributed by atoms with van der Waals surface area (Å²) in [4.78, 5) is 23.6. The number of rotatable bonds is 6. The first-order valence-electron chi connectivity index (χ1n) is 7.66. The van der Waals surface area contributed by atoms with E-state index in [0.29, 0.717) is 35.2 Å². The summed E-state index contributed by atoms with van der Waals surface area (Å²) in [5, 5.41) is 12.4. The average Bonchev–Trinajstić information content (AvgIpc) is 3.23. The van der Waals surface area contributed by atoms with Gasteiger partial charge in [0.05, 0.1) is 17.8 Å². The van der Waals surface area contributed by atoms with Crippen LogP contribution in [-0.2, 0) is 11.4 Å². The Bertz CT molecular complexity index is 792. The molecule has 2 aromatic rings. The molecule has 25 heavy (non-hydrogen) atoms. The number of hydrogen-bond donors (Lipinski definition) is 3. The van der Waals surface area contributed by atoms with Crippen LogP contribution in [-0.4, -0.2) is 41.7 Å². The summed E-state index contributed by atoms with van der Waals surface area (Å²) in [6.07, 6.45) is 0.570. The zero-order valence-electron chi connectivity index (χ0n) is 13.5. The molecule has 0 aliphatic carbocycles. The highest BCUT2D eigenvalue weighted by molar-refractivity contribution is 6.32. The zero-order chi connectivity index (χ0) is 17.8. The van der Waals surface area contributed by atoms with E-state index in [4.69, 9.17) is 21.1 Å². The fourth-order valence-electron chi connectivity index (χ4n) is 2.40. The van der Waals surface area contributed by atoms with E-state index in [1.54, 1.807) is 31.4 Å². The number of carbonyl (C=O) groups is 2. The van der Waals surface area contributed by atoms with Gasteiger partial charge in [0.1, 0.15) is 29.8 Å².